The van der Waals surface area contributed by atoms with E-state index >= 15 is 0 Å². The van der Waals surface area contributed by atoms with Crippen LogP contribution in [0.5, 0.6) is 0 Å². The summed E-state index contributed by atoms with van der Waals surface area (Å²) in [6.07, 6.45) is 4.09. The number of esters is 1. The fourth-order valence-corrected chi connectivity index (χ4v) is 5.28. The van der Waals surface area contributed by atoms with Crippen molar-refractivity contribution in [1.82, 2.24) is 19.5 Å². The summed E-state index contributed by atoms with van der Waals surface area (Å²) in [6, 6.07) is 12.1. The van der Waals surface area contributed by atoms with E-state index in [1.165, 1.54) is 18.9 Å². The summed E-state index contributed by atoms with van der Waals surface area (Å²) in [7, 11) is 1.31. The lowest BCUT2D eigenvalue weighted by atomic mass is 10.1. The second kappa shape index (κ2) is 8.82. The molecule has 0 spiro atoms. The molecular weight excluding hydrogens is 440 g/mol. The Bertz CT molecular complexity index is 1490. The average Bonchev–Trinajstić information content (AvgIpc) is 3.36. The van der Waals surface area contributed by atoms with Crippen molar-refractivity contribution in [2.45, 2.75) is 42.6 Å². The Morgan fingerprint density at radius 2 is 1.88 bits per heavy atom. The molecule has 0 saturated heterocycles. The van der Waals surface area contributed by atoms with Crippen LogP contribution in [-0.4, -0.2) is 32.6 Å². The maximum atomic E-state index is 13.3. The molecule has 1 fully saturated rings. The highest BCUT2D eigenvalue weighted by atomic mass is 32.2. The number of carbonyl (C=O) groups is 1. The molecule has 0 atom stereocenters. The minimum Gasteiger partial charge on any atom is -0.465 e. The van der Waals surface area contributed by atoms with Gasteiger partial charge in [0.15, 0.2) is 5.16 Å². The maximum absolute atomic E-state index is 13.3. The highest BCUT2D eigenvalue weighted by Crippen LogP contribution is 2.32. The quantitative estimate of drug-likeness (QED) is 0.273. The van der Waals surface area contributed by atoms with Crippen LogP contribution >= 0.6 is 11.8 Å². The van der Waals surface area contributed by atoms with Crippen molar-refractivity contribution >= 4 is 39.5 Å². The fourth-order valence-electron chi connectivity index (χ4n) is 4.35. The van der Waals surface area contributed by atoms with Crippen molar-refractivity contribution in [2.24, 2.45) is 0 Å². The van der Waals surface area contributed by atoms with E-state index in [4.69, 9.17) is 9.72 Å². The number of H-pyrrole nitrogens is 1. The molecule has 1 N–H and O–H groups in total. The van der Waals surface area contributed by atoms with Crippen LogP contribution in [0.25, 0.3) is 21.8 Å². The van der Waals surface area contributed by atoms with Crippen LogP contribution in [0.4, 0.5) is 0 Å². The van der Waals surface area contributed by atoms with Gasteiger partial charge in [0.1, 0.15) is 5.82 Å². The molecule has 2 aromatic carbocycles. The predicted octanol–water partition coefficient (Wildman–Crippen LogP) is 3.83. The molecule has 5 rings (SSSR count). The lowest BCUT2D eigenvalue weighted by Gasteiger charge is -2.18. The van der Waals surface area contributed by atoms with E-state index in [1.54, 1.807) is 18.2 Å². The number of carbonyl (C=O) groups excluding carboxylic acids is 1. The topological polar surface area (TPSA) is 107 Å². The number of methoxy groups -OCH3 is 1. The van der Waals surface area contributed by atoms with Crippen molar-refractivity contribution in [1.29, 1.82) is 0 Å². The molecule has 33 heavy (non-hydrogen) atoms. The van der Waals surface area contributed by atoms with Gasteiger partial charge in [-0.3, -0.25) is 14.2 Å². The molecule has 1 aliphatic carbocycles. The van der Waals surface area contributed by atoms with Crippen molar-refractivity contribution < 1.29 is 9.53 Å². The van der Waals surface area contributed by atoms with E-state index in [9.17, 15) is 14.4 Å². The summed E-state index contributed by atoms with van der Waals surface area (Å²) in [5.74, 6) is 0.279. The number of ether oxygens (including phenoxy) is 1. The lowest BCUT2D eigenvalue weighted by Crippen LogP contribution is -2.26. The maximum Gasteiger partial charge on any atom is 0.337 e. The van der Waals surface area contributed by atoms with Gasteiger partial charge in [0.25, 0.3) is 11.1 Å². The zero-order valence-electron chi connectivity index (χ0n) is 18.0. The normalized spacial score (nSPS) is 14.2. The Kier molecular flexibility index (Phi) is 5.72. The Balaban J connectivity index is 1.53. The average molecular weight is 463 g/mol. The van der Waals surface area contributed by atoms with Crippen LogP contribution < -0.4 is 11.1 Å². The molecule has 0 radical (unpaired) electrons. The van der Waals surface area contributed by atoms with Crippen molar-refractivity contribution in [3.05, 3.63) is 74.6 Å². The first-order valence-electron chi connectivity index (χ1n) is 10.8. The van der Waals surface area contributed by atoms with Crippen LogP contribution in [0.3, 0.4) is 0 Å². The third kappa shape index (κ3) is 4.04. The molecule has 4 aromatic rings. The second-order valence-electron chi connectivity index (χ2n) is 8.05. The van der Waals surface area contributed by atoms with Crippen LogP contribution in [0.2, 0.25) is 0 Å². The molecule has 1 aliphatic rings. The number of rotatable bonds is 5. The Labute approximate surface area is 193 Å². The number of para-hydroxylation sites is 1. The van der Waals surface area contributed by atoms with E-state index in [2.05, 4.69) is 9.97 Å². The zero-order valence-corrected chi connectivity index (χ0v) is 18.9. The minimum atomic E-state index is -0.490. The first-order valence-corrected chi connectivity index (χ1v) is 11.8. The Morgan fingerprint density at radius 3 is 2.67 bits per heavy atom. The van der Waals surface area contributed by atoms with Gasteiger partial charge < -0.3 is 9.72 Å². The summed E-state index contributed by atoms with van der Waals surface area (Å²) in [6.45, 7) is 0. The van der Waals surface area contributed by atoms with Gasteiger partial charge in [-0.2, -0.15) is 0 Å². The summed E-state index contributed by atoms with van der Waals surface area (Å²) >= 11 is 1.38. The highest BCUT2D eigenvalue weighted by Gasteiger charge is 2.23. The lowest BCUT2D eigenvalue weighted by molar-refractivity contribution is 0.0601. The Morgan fingerprint density at radius 1 is 1.09 bits per heavy atom. The summed E-state index contributed by atoms with van der Waals surface area (Å²) in [5, 5.41) is 1.63. The first-order chi connectivity index (χ1) is 16.0. The number of fused-ring (bicyclic) bond motifs is 2. The molecule has 2 heterocycles. The molecule has 8 nitrogen and oxygen atoms in total. The summed E-state index contributed by atoms with van der Waals surface area (Å²) in [5.41, 5.74) is 1.08. The largest absolute Gasteiger partial charge is 0.465 e. The molecule has 9 heteroatoms. The molecule has 0 unspecified atom stereocenters. The van der Waals surface area contributed by atoms with Crippen LogP contribution in [0, 0.1) is 0 Å². The van der Waals surface area contributed by atoms with Gasteiger partial charge in [-0.1, -0.05) is 36.7 Å². The smallest absolute Gasteiger partial charge is 0.337 e. The number of aromatic amines is 1. The number of nitrogens with one attached hydrogen (secondary N) is 1. The zero-order chi connectivity index (χ0) is 22.9. The molecule has 0 amide bonds. The van der Waals surface area contributed by atoms with Gasteiger partial charge in [0.2, 0.25) is 0 Å². The molecule has 1 saturated carbocycles. The summed E-state index contributed by atoms with van der Waals surface area (Å²) < 4.78 is 6.58. The van der Waals surface area contributed by atoms with Crippen LogP contribution in [-0.2, 0) is 10.5 Å². The number of benzene rings is 2. The second-order valence-corrected chi connectivity index (χ2v) is 8.99. The SMILES string of the molecule is COC(=O)c1ccc2c(=O)[nH]c(CSc3nc4ccccc4c(=O)n3C3CCCC3)nc2c1. The van der Waals surface area contributed by atoms with Gasteiger partial charge in [-0.15, -0.1) is 0 Å². The van der Waals surface area contributed by atoms with E-state index < -0.39 is 5.97 Å². The number of aromatic nitrogens is 4. The van der Waals surface area contributed by atoms with Gasteiger partial charge in [0, 0.05) is 6.04 Å². The minimum absolute atomic E-state index is 0.0299. The van der Waals surface area contributed by atoms with Crippen molar-refractivity contribution in [2.75, 3.05) is 7.11 Å². The van der Waals surface area contributed by atoms with E-state index in [1.807, 2.05) is 28.8 Å². The van der Waals surface area contributed by atoms with E-state index in [0.717, 1.165) is 25.7 Å². The van der Waals surface area contributed by atoms with Gasteiger partial charge in [-0.25, -0.2) is 14.8 Å². The number of hydrogen-bond acceptors (Lipinski definition) is 7. The molecular formula is C24H22N4O4S. The van der Waals surface area contributed by atoms with Gasteiger partial charge >= 0.3 is 5.97 Å². The van der Waals surface area contributed by atoms with Crippen molar-refractivity contribution in [3.63, 3.8) is 0 Å². The molecule has 168 valence electrons. The Hall–Kier alpha value is -3.46. The van der Waals surface area contributed by atoms with Gasteiger partial charge in [-0.05, 0) is 43.2 Å². The third-order valence-electron chi connectivity index (χ3n) is 5.98. The highest BCUT2D eigenvalue weighted by molar-refractivity contribution is 7.98. The number of nitrogens with zero attached hydrogens (tertiary/aromatic N) is 3. The third-order valence-corrected chi connectivity index (χ3v) is 6.94. The monoisotopic (exact) mass is 462 g/mol. The standard InChI is InChI=1S/C24H22N4O4S/c1-32-23(31)14-10-11-16-19(12-14)25-20(27-21(16)29)13-33-24-26-18-9-5-4-8-17(18)22(30)28(24)15-6-2-3-7-15/h4-5,8-12,15H,2-3,6-7,13H2,1H3,(H,25,27,29). The van der Waals surface area contributed by atoms with Crippen molar-refractivity contribution in [3.8, 4) is 0 Å². The number of thioether (sulfide) groups is 1. The fraction of sp³-hybridized carbons (Fsp3) is 0.292. The molecule has 0 aliphatic heterocycles. The molecule has 0 bridgehead atoms. The van der Waals surface area contributed by atoms with Crippen LogP contribution in [0.1, 0.15) is 47.9 Å². The van der Waals surface area contributed by atoms with Gasteiger partial charge in [0.05, 0.1) is 40.2 Å². The van der Waals surface area contributed by atoms with Crippen LogP contribution in [0.15, 0.2) is 57.2 Å². The first kappa shape index (κ1) is 21.4. The predicted molar refractivity (Wildman–Crippen MR) is 127 cm³/mol. The molecule has 2 aromatic heterocycles. The summed E-state index contributed by atoms with van der Waals surface area (Å²) in [4.78, 5) is 49.9. The number of hydrogen-bond donors (Lipinski definition) is 1. The van der Waals surface area contributed by atoms with E-state index in [-0.39, 0.29) is 17.2 Å². The van der Waals surface area contributed by atoms with E-state index in [0.29, 0.717) is 44.1 Å².